The maximum atomic E-state index is 11.3. The van der Waals surface area contributed by atoms with Crippen LogP contribution in [0, 0.1) is 10.1 Å². The highest BCUT2D eigenvalue weighted by Crippen LogP contribution is 2.19. The molecule has 0 fully saturated rings. The van der Waals surface area contributed by atoms with Crippen LogP contribution in [0.1, 0.15) is 10.6 Å². The maximum absolute atomic E-state index is 11.3. The van der Waals surface area contributed by atoms with Gasteiger partial charge in [0.25, 0.3) is 11.5 Å². The van der Waals surface area contributed by atoms with Crippen LogP contribution in [-0.4, -0.2) is 44.8 Å². The van der Waals surface area contributed by atoms with E-state index in [1.807, 2.05) is 0 Å². The van der Waals surface area contributed by atoms with Crippen molar-refractivity contribution in [3.05, 3.63) is 34.4 Å². The molecule has 2 rings (SSSR count). The molecule has 2 aromatic rings. The summed E-state index contributed by atoms with van der Waals surface area (Å²) < 4.78 is 5.63. The van der Waals surface area contributed by atoms with Crippen LogP contribution in [0.3, 0.4) is 0 Å². The van der Waals surface area contributed by atoms with Gasteiger partial charge >= 0.3 is 5.97 Å². The molecule has 2 aromatic heterocycles. The van der Waals surface area contributed by atoms with Gasteiger partial charge < -0.3 is 10.1 Å². The van der Waals surface area contributed by atoms with Gasteiger partial charge in [-0.05, 0) is 0 Å². The summed E-state index contributed by atoms with van der Waals surface area (Å²) in [5.41, 5.74) is -0.158. The molecule has 0 saturated heterocycles. The molecule has 10 heteroatoms. The molecule has 0 spiro atoms. The monoisotopic (exact) mass is 278 g/mol. The second-order valence-electron chi connectivity index (χ2n) is 3.58. The van der Waals surface area contributed by atoms with Crippen LogP contribution in [0.2, 0.25) is 0 Å². The SMILES string of the molecule is CNc1cc([N+](=O)[O-])cc(-n2cnc(C(=O)OC)n2)n1. The number of esters is 1. The van der Waals surface area contributed by atoms with Crippen molar-refractivity contribution in [2.24, 2.45) is 0 Å². The number of pyridine rings is 1. The third-order valence-corrected chi connectivity index (χ3v) is 2.36. The van der Waals surface area contributed by atoms with Gasteiger partial charge in [0.2, 0.25) is 0 Å². The third-order valence-electron chi connectivity index (χ3n) is 2.36. The molecular formula is C10H10N6O4. The highest BCUT2D eigenvalue weighted by Gasteiger charge is 2.16. The van der Waals surface area contributed by atoms with E-state index in [9.17, 15) is 14.9 Å². The summed E-state index contributed by atoms with van der Waals surface area (Å²) in [6.07, 6.45) is 1.22. The largest absolute Gasteiger partial charge is 0.463 e. The lowest BCUT2D eigenvalue weighted by atomic mass is 10.3. The first kappa shape index (κ1) is 13.4. The highest BCUT2D eigenvalue weighted by atomic mass is 16.6. The van der Waals surface area contributed by atoms with E-state index in [2.05, 4.69) is 25.1 Å². The number of nitrogens with zero attached hydrogens (tertiary/aromatic N) is 5. The van der Waals surface area contributed by atoms with Gasteiger partial charge in [0.15, 0.2) is 5.82 Å². The van der Waals surface area contributed by atoms with Crippen LogP contribution in [-0.2, 0) is 4.74 Å². The Morgan fingerprint density at radius 2 is 2.25 bits per heavy atom. The van der Waals surface area contributed by atoms with Gasteiger partial charge in [-0.15, -0.1) is 5.10 Å². The fraction of sp³-hybridized carbons (Fsp3) is 0.200. The molecule has 0 atom stereocenters. The van der Waals surface area contributed by atoms with E-state index in [4.69, 9.17) is 0 Å². The number of nitro groups is 1. The molecular weight excluding hydrogens is 268 g/mol. The van der Waals surface area contributed by atoms with E-state index in [1.54, 1.807) is 7.05 Å². The number of anilines is 1. The van der Waals surface area contributed by atoms with E-state index in [1.165, 1.54) is 25.6 Å². The molecule has 1 N–H and O–H groups in total. The molecule has 0 aliphatic heterocycles. The quantitative estimate of drug-likeness (QED) is 0.484. The molecule has 10 nitrogen and oxygen atoms in total. The fourth-order valence-corrected chi connectivity index (χ4v) is 1.41. The minimum Gasteiger partial charge on any atom is -0.463 e. The van der Waals surface area contributed by atoms with Crippen molar-refractivity contribution >= 4 is 17.5 Å². The summed E-state index contributed by atoms with van der Waals surface area (Å²) in [4.78, 5) is 29.4. The number of hydrogen-bond acceptors (Lipinski definition) is 8. The first-order valence-corrected chi connectivity index (χ1v) is 5.39. The minimum atomic E-state index is -0.706. The number of carbonyl (C=O) groups is 1. The summed E-state index contributed by atoms with van der Waals surface area (Å²) in [5, 5.41) is 17.4. The lowest BCUT2D eigenvalue weighted by Crippen LogP contribution is -2.07. The first-order chi connectivity index (χ1) is 9.55. The number of rotatable bonds is 4. The zero-order valence-corrected chi connectivity index (χ0v) is 10.6. The molecule has 0 aliphatic rings. The van der Waals surface area contributed by atoms with Crippen molar-refractivity contribution in [3.63, 3.8) is 0 Å². The van der Waals surface area contributed by atoms with Crippen LogP contribution in [0.25, 0.3) is 5.82 Å². The Morgan fingerprint density at radius 3 is 2.85 bits per heavy atom. The molecule has 0 aliphatic carbocycles. The molecule has 2 heterocycles. The first-order valence-electron chi connectivity index (χ1n) is 5.39. The summed E-state index contributed by atoms with van der Waals surface area (Å²) in [6.45, 7) is 0. The van der Waals surface area contributed by atoms with Gasteiger partial charge in [0.1, 0.15) is 12.1 Å². The van der Waals surface area contributed by atoms with Gasteiger partial charge in [-0.2, -0.15) is 0 Å². The molecule has 20 heavy (non-hydrogen) atoms. The maximum Gasteiger partial charge on any atom is 0.377 e. The number of aromatic nitrogens is 4. The van der Waals surface area contributed by atoms with Gasteiger partial charge in [-0.25, -0.2) is 19.4 Å². The topological polar surface area (TPSA) is 125 Å². The van der Waals surface area contributed by atoms with Gasteiger partial charge in [-0.1, -0.05) is 0 Å². The number of nitrogens with one attached hydrogen (secondary N) is 1. The lowest BCUT2D eigenvalue weighted by Gasteiger charge is -2.03. The summed E-state index contributed by atoms with van der Waals surface area (Å²) >= 11 is 0. The minimum absolute atomic E-state index is 0.158. The Labute approximate surface area is 112 Å². The van der Waals surface area contributed by atoms with Crippen LogP contribution in [0.5, 0.6) is 0 Å². The third kappa shape index (κ3) is 2.53. The number of carbonyl (C=O) groups excluding carboxylic acids is 1. The molecule has 0 unspecified atom stereocenters. The van der Waals surface area contributed by atoms with E-state index in [0.29, 0.717) is 5.82 Å². The van der Waals surface area contributed by atoms with E-state index < -0.39 is 10.9 Å². The van der Waals surface area contributed by atoms with Crippen molar-refractivity contribution in [2.75, 3.05) is 19.5 Å². The highest BCUT2D eigenvalue weighted by molar-refractivity contribution is 5.84. The predicted molar refractivity (Wildman–Crippen MR) is 66.7 cm³/mol. The number of ether oxygens (including phenoxy) is 1. The number of hydrogen-bond donors (Lipinski definition) is 1. The predicted octanol–water partition coefficient (Wildman–Crippen LogP) is 0.399. The Kier molecular flexibility index (Phi) is 3.55. The summed E-state index contributed by atoms with van der Waals surface area (Å²) in [7, 11) is 2.78. The normalized spacial score (nSPS) is 10.1. The molecule has 0 aromatic carbocycles. The van der Waals surface area contributed by atoms with Crippen molar-refractivity contribution in [1.82, 2.24) is 19.7 Å². The Balaban J connectivity index is 2.46. The summed E-state index contributed by atoms with van der Waals surface area (Å²) in [5.74, 6) is -0.412. The summed E-state index contributed by atoms with van der Waals surface area (Å²) in [6, 6.07) is 2.50. The van der Waals surface area contributed by atoms with Crippen molar-refractivity contribution in [3.8, 4) is 5.82 Å². The second kappa shape index (κ2) is 5.30. The van der Waals surface area contributed by atoms with Crippen molar-refractivity contribution < 1.29 is 14.5 Å². The Morgan fingerprint density at radius 1 is 1.50 bits per heavy atom. The van der Waals surface area contributed by atoms with Gasteiger partial charge in [-0.3, -0.25) is 10.1 Å². The number of methoxy groups -OCH3 is 1. The van der Waals surface area contributed by atoms with Crippen molar-refractivity contribution in [2.45, 2.75) is 0 Å². The van der Waals surface area contributed by atoms with Gasteiger partial charge in [0, 0.05) is 7.05 Å². The molecule has 0 amide bonds. The van der Waals surface area contributed by atoms with E-state index in [-0.39, 0.29) is 17.3 Å². The van der Waals surface area contributed by atoms with Crippen LogP contribution >= 0.6 is 0 Å². The van der Waals surface area contributed by atoms with E-state index >= 15 is 0 Å². The molecule has 0 bridgehead atoms. The van der Waals surface area contributed by atoms with E-state index in [0.717, 1.165) is 4.68 Å². The average Bonchev–Trinajstić information content (AvgIpc) is 2.95. The van der Waals surface area contributed by atoms with Crippen LogP contribution in [0.15, 0.2) is 18.5 Å². The van der Waals surface area contributed by atoms with Crippen molar-refractivity contribution in [1.29, 1.82) is 0 Å². The standard InChI is InChI=1S/C10H10N6O4/c1-11-7-3-6(16(18)19)4-8(13-7)15-5-12-9(14-15)10(17)20-2/h3-5H,1-2H3,(H,11,13). The smallest absolute Gasteiger partial charge is 0.377 e. The second-order valence-corrected chi connectivity index (χ2v) is 3.58. The Hall–Kier alpha value is -3.04. The zero-order chi connectivity index (χ0) is 14.7. The fourth-order valence-electron chi connectivity index (χ4n) is 1.41. The molecule has 0 saturated carbocycles. The Bertz CT molecular complexity index is 668. The van der Waals surface area contributed by atoms with Crippen LogP contribution < -0.4 is 5.32 Å². The average molecular weight is 278 g/mol. The van der Waals surface area contributed by atoms with Crippen LogP contribution in [0.4, 0.5) is 11.5 Å². The lowest BCUT2D eigenvalue weighted by molar-refractivity contribution is -0.384. The van der Waals surface area contributed by atoms with Gasteiger partial charge in [0.05, 0.1) is 24.2 Å². The molecule has 0 radical (unpaired) electrons. The molecule has 104 valence electrons. The zero-order valence-electron chi connectivity index (χ0n) is 10.6.